The molecule has 0 saturated heterocycles. The first-order valence-electron chi connectivity index (χ1n) is 5.98. The standard InChI is InChI=1S/C12H26O2/c1-4-7-12(14)11(6-3)8-10(5-2)9-13/h10-14H,4-9H2,1-3H3. The second-order valence-electron chi connectivity index (χ2n) is 4.22. The molecule has 2 nitrogen and oxygen atoms in total. The predicted octanol–water partition coefficient (Wildman–Crippen LogP) is 2.58. The molecule has 0 saturated carbocycles. The van der Waals surface area contributed by atoms with Gasteiger partial charge in [0, 0.05) is 6.61 Å². The van der Waals surface area contributed by atoms with Crippen molar-refractivity contribution >= 4 is 0 Å². The molecular weight excluding hydrogens is 176 g/mol. The third kappa shape index (κ3) is 4.97. The van der Waals surface area contributed by atoms with E-state index in [1.807, 2.05) is 0 Å². The van der Waals surface area contributed by atoms with Gasteiger partial charge in [-0.1, -0.05) is 40.0 Å². The van der Waals surface area contributed by atoms with Crippen LogP contribution in [0.4, 0.5) is 0 Å². The lowest BCUT2D eigenvalue weighted by Gasteiger charge is -2.24. The van der Waals surface area contributed by atoms with E-state index in [-0.39, 0.29) is 12.7 Å². The average Bonchev–Trinajstić information content (AvgIpc) is 2.20. The van der Waals surface area contributed by atoms with Gasteiger partial charge in [0.2, 0.25) is 0 Å². The first kappa shape index (κ1) is 13.9. The lowest BCUT2D eigenvalue weighted by atomic mass is 9.86. The minimum atomic E-state index is -0.175. The van der Waals surface area contributed by atoms with Gasteiger partial charge >= 0.3 is 0 Å². The van der Waals surface area contributed by atoms with E-state index in [0.717, 1.165) is 32.1 Å². The van der Waals surface area contributed by atoms with Crippen molar-refractivity contribution in [1.82, 2.24) is 0 Å². The molecule has 0 bridgehead atoms. The Bertz CT molecular complexity index is 121. The molecule has 3 unspecified atom stereocenters. The zero-order valence-corrected chi connectivity index (χ0v) is 9.87. The Morgan fingerprint density at radius 3 is 2.07 bits per heavy atom. The van der Waals surface area contributed by atoms with E-state index in [4.69, 9.17) is 5.11 Å². The van der Waals surface area contributed by atoms with Crippen LogP contribution >= 0.6 is 0 Å². The van der Waals surface area contributed by atoms with Crippen LogP contribution in [-0.4, -0.2) is 22.9 Å². The normalized spacial score (nSPS) is 17.8. The molecule has 14 heavy (non-hydrogen) atoms. The van der Waals surface area contributed by atoms with Crippen LogP contribution in [0.2, 0.25) is 0 Å². The number of rotatable bonds is 8. The fourth-order valence-corrected chi connectivity index (χ4v) is 1.93. The van der Waals surface area contributed by atoms with Gasteiger partial charge < -0.3 is 10.2 Å². The van der Waals surface area contributed by atoms with Gasteiger partial charge in [0.1, 0.15) is 0 Å². The van der Waals surface area contributed by atoms with E-state index in [2.05, 4.69) is 20.8 Å². The Morgan fingerprint density at radius 2 is 1.71 bits per heavy atom. The van der Waals surface area contributed by atoms with E-state index in [1.165, 1.54) is 0 Å². The predicted molar refractivity (Wildman–Crippen MR) is 60.2 cm³/mol. The summed E-state index contributed by atoms with van der Waals surface area (Å²) in [6.45, 7) is 6.57. The zero-order chi connectivity index (χ0) is 11.0. The maximum Gasteiger partial charge on any atom is 0.0568 e. The summed E-state index contributed by atoms with van der Waals surface area (Å²) < 4.78 is 0. The largest absolute Gasteiger partial charge is 0.396 e. The third-order valence-corrected chi connectivity index (χ3v) is 3.12. The highest BCUT2D eigenvalue weighted by Crippen LogP contribution is 2.23. The molecule has 0 amide bonds. The highest BCUT2D eigenvalue weighted by atomic mass is 16.3. The van der Waals surface area contributed by atoms with Crippen LogP contribution in [0.25, 0.3) is 0 Å². The van der Waals surface area contributed by atoms with Gasteiger partial charge in [-0.25, -0.2) is 0 Å². The van der Waals surface area contributed by atoms with E-state index in [0.29, 0.717) is 11.8 Å². The zero-order valence-electron chi connectivity index (χ0n) is 9.87. The molecule has 0 aliphatic carbocycles. The van der Waals surface area contributed by atoms with Crippen LogP contribution in [0.15, 0.2) is 0 Å². The van der Waals surface area contributed by atoms with Crippen molar-refractivity contribution in [1.29, 1.82) is 0 Å². The summed E-state index contributed by atoms with van der Waals surface area (Å²) in [6, 6.07) is 0. The van der Waals surface area contributed by atoms with Gasteiger partial charge in [0.05, 0.1) is 6.10 Å². The molecule has 0 aromatic rings. The molecule has 0 aromatic carbocycles. The van der Waals surface area contributed by atoms with E-state index in [9.17, 15) is 5.11 Å². The molecule has 2 heteroatoms. The van der Waals surface area contributed by atoms with Gasteiger partial charge in [0.25, 0.3) is 0 Å². The molecule has 0 aliphatic heterocycles. The van der Waals surface area contributed by atoms with Crippen LogP contribution in [0.1, 0.15) is 52.9 Å². The van der Waals surface area contributed by atoms with E-state index >= 15 is 0 Å². The summed E-state index contributed by atoms with van der Waals surface area (Å²) in [5.41, 5.74) is 0. The van der Waals surface area contributed by atoms with Gasteiger partial charge in [0.15, 0.2) is 0 Å². The van der Waals surface area contributed by atoms with Crippen LogP contribution < -0.4 is 0 Å². The quantitative estimate of drug-likeness (QED) is 0.635. The Kier molecular flexibility index (Phi) is 8.20. The van der Waals surface area contributed by atoms with Crippen molar-refractivity contribution < 1.29 is 10.2 Å². The number of hydrogen-bond donors (Lipinski definition) is 2. The maximum absolute atomic E-state index is 9.87. The van der Waals surface area contributed by atoms with Crippen molar-refractivity contribution in [2.24, 2.45) is 11.8 Å². The lowest BCUT2D eigenvalue weighted by molar-refractivity contribution is 0.0712. The molecule has 0 spiro atoms. The molecule has 86 valence electrons. The Balaban J connectivity index is 3.98. The lowest BCUT2D eigenvalue weighted by Crippen LogP contribution is -2.23. The van der Waals surface area contributed by atoms with E-state index in [1.54, 1.807) is 0 Å². The fourth-order valence-electron chi connectivity index (χ4n) is 1.93. The van der Waals surface area contributed by atoms with Crippen LogP contribution in [-0.2, 0) is 0 Å². The first-order valence-corrected chi connectivity index (χ1v) is 5.98. The van der Waals surface area contributed by atoms with Crippen molar-refractivity contribution in [3.63, 3.8) is 0 Å². The van der Waals surface area contributed by atoms with Crippen LogP contribution in [0.3, 0.4) is 0 Å². The minimum absolute atomic E-state index is 0.175. The van der Waals surface area contributed by atoms with Gasteiger partial charge in [-0.05, 0) is 24.7 Å². The highest BCUT2D eigenvalue weighted by molar-refractivity contribution is 4.71. The molecule has 2 N–H and O–H groups in total. The summed E-state index contributed by atoms with van der Waals surface area (Å²) in [6.07, 6.45) is 4.73. The van der Waals surface area contributed by atoms with Crippen molar-refractivity contribution in [3.8, 4) is 0 Å². The Hall–Kier alpha value is -0.0800. The number of aliphatic hydroxyl groups excluding tert-OH is 2. The molecule has 0 radical (unpaired) electrons. The summed E-state index contributed by atoms with van der Waals surface area (Å²) in [4.78, 5) is 0. The number of aliphatic hydroxyl groups is 2. The van der Waals surface area contributed by atoms with Crippen LogP contribution in [0, 0.1) is 11.8 Å². The molecule has 0 aromatic heterocycles. The molecule has 3 atom stereocenters. The molecule has 0 fully saturated rings. The molecular formula is C12H26O2. The Labute approximate surface area is 88.3 Å². The van der Waals surface area contributed by atoms with Crippen molar-refractivity contribution in [2.75, 3.05) is 6.61 Å². The second kappa shape index (κ2) is 8.25. The summed E-state index contributed by atoms with van der Waals surface area (Å²) >= 11 is 0. The second-order valence-corrected chi connectivity index (χ2v) is 4.22. The SMILES string of the molecule is CCCC(O)C(CC)CC(CC)CO. The maximum atomic E-state index is 9.87. The smallest absolute Gasteiger partial charge is 0.0568 e. The summed E-state index contributed by atoms with van der Waals surface area (Å²) in [7, 11) is 0. The molecule has 0 heterocycles. The van der Waals surface area contributed by atoms with Crippen LogP contribution in [0.5, 0.6) is 0 Å². The summed E-state index contributed by atoms with van der Waals surface area (Å²) in [5.74, 6) is 0.735. The van der Waals surface area contributed by atoms with Gasteiger partial charge in [-0.2, -0.15) is 0 Å². The average molecular weight is 202 g/mol. The molecule has 0 rings (SSSR count). The highest BCUT2D eigenvalue weighted by Gasteiger charge is 2.19. The topological polar surface area (TPSA) is 40.5 Å². The van der Waals surface area contributed by atoms with E-state index < -0.39 is 0 Å². The minimum Gasteiger partial charge on any atom is -0.396 e. The van der Waals surface area contributed by atoms with Gasteiger partial charge in [-0.3, -0.25) is 0 Å². The summed E-state index contributed by atoms with van der Waals surface area (Å²) in [5, 5.41) is 19.0. The van der Waals surface area contributed by atoms with Crippen molar-refractivity contribution in [3.05, 3.63) is 0 Å². The van der Waals surface area contributed by atoms with Crippen molar-refractivity contribution in [2.45, 2.75) is 59.0 Å². The molecule has 0 aliphatic rings. The Morgan fingerprint density at radius 1 is 1.07 bits per heavy atom. The third-order valence-electron chi connectivity index (χ3n) is 3.12. The fraction of sp³-hybridized carbons (Fsp3) is 1.00. The number of hydrogen-bond acceptors (Lipinski definition) is 2. The van der Waals surface area contributed by atoms with Gasteiger partial charge in [-0.15, -0.1) is 0 Å². The monoisotopic (exact) mass is 202 g/mol. The first-order chi connectivity index (χ1) is 6.69.